The number of amides is 1. The Hall–Kier alpha value is -0.740. The predicted octanol–water partition coefficient (Wildman–Crippen LogP) is 3.76. The summed E-state index contributed by atoms with van der Waals surface area (Å²) < 4.78 is 13.9. The van der Waals surface area contributed by atoms with Crippen LogP contribution in [0, 0.1) is 12.7 Å². The topological polar surface area (TPSA) is 20.3 Å². The number of nitrogens with zero attached hydrogens (tertiary/aromatic N) is 1. The lowest BCUT2D eigenvalue weighted by Gasteiger charge is -2.31. The minimum absolute atomic E-state index is 0.00222. The number of benzene rings is 1. The molecular weight excluding hydrogens is 285 g/mol. The fourth-order valence-electron chi connectivity index (χ4n) is 2.27. The number of carbonyl (C=O) groups is 1. The largest absolute Gasteiger partial charge is 0.339 e. The Morgan fingerprint density at radius 1 is 1.42 bits per heavy atom. The number of hydrogen-bond acceptors (Lipinski definition) is 2. The van der Waals surface area contributed by atoms with Crippen molar-refractivity contribution in [2.75, 3.05) is 18.6 Å². The van der Waals surface area contributed by atoms with Gasteiger partial charge in [0, 0.05) is 13.1 Å². The normalized spacial score (nSPS) is 16.4. The quantitative estimate of drug-likeness (QED) is 0.829. The Balaban J connectivity index is 2.26. The lowest BCUT2D eigenvalue weighted by atomic mass is 10.1. The van der Waals surface area contributed by atoms with Crippen molar-refractivity contribution in [3.63, 3.8) is 0 Å². The second kappa shape index (κ2) is 6.14. The summed E-state index contributed by atoms with van der Waals surface area (Å²) in [6, 6.07) is 3.08. The molecular formula is C14H17ClFNOS. The lowest BCUT2D eigenvalue weighted by Crippen LogP contribution is -2.39. The molecule has 0 aromatic heterocycles. The Labute approximate surface area is 122 Å². The molecule has 0 atom stereocenters. The van der Waals surface area contributed by atoms with Crippen molar-refractivity contribution in [3.05, 3.63) is 34.1 Å². The van der Waals surface area contributed by atoms with Gasteiger partial charge in [-0.05, 0) is 42.9 Å². The zero-order chi connectivity index (χ0) is 14.0. The van der Waals surface area contributed by atoms with Crippen molar-refractivity contribution >= 4 is 29.3 Å². The molecule has 1 fully saturated rings. The SMILES string of the molecule is Cc1ccc(F)c(C(=O)N(C)C2CCSCC2)c1Cl. The van der Waals surface area contributed by atoms with E-state index in [9.17, 15) is 9.18 Å². The van der Waals surface area contributed by atoms with Crippen LogP contribution in [0.3, 0.4) is 0 Å². The van der Waals surface area contributed by atoms with Crippen molar-refractivity contribution < 1.29 is 9.18 Å². The van der Waals surface area contributed by atoms with E-state index < -0.39 is 5.82 Å². The van der Waals surface area contributed by atoms with Gasteiger partial charge < -0.3 is 4.90 Å². The van der Waals surface area contributed by atoms with Crippen LogP contribution in [0.5, 0.6) is 0 Å². The van der Waals surface area contributed by atoms with E-state index in [2.05, 4.69) is 0 Å². The molecule has 2 nitrogen and oxygen atoms in total. The van der Waals surface area contributed by atoms with E-state index in [1.54, 1.807) is 24.9 Å². The zero-order valence-electron chi connectivity index (χ0n) is 11.1. The third-order valence-corrected chi connectivity index (χ3v) is 5.09. The first-order valence-electron chi connectivity index (χ1n) is 6.32. The molecule has 1 amide bonds. The van der Waals surface area contributed by atoms with Gasteiger partial charge in [0.25, 0.3) is 5.91 Å². The number of aryl methyl sites for hydroxylation is 1. The van der Waals surface area contributed by atoms with Crippen LogP contribution in [0.15, 0.2) is 12.1 Å². The van der Waals surface area contributed by atoms with E-state index >= 15 is 0 Å². The first-order chi connectivity index (χ1) is 9.02. The molecule has 19 heavy (non-hydrogen) atoms. The van der Waals surface area contributed by atoms with E-state index in [4.69, 9.17) is 11.6 Å². The van der Waals surface area contributed by atoms with Crippen molar-refractivity contribution in [2.24, 2.45) is 0 Å². The lowest BCUT2D eigenvalue weighted by molar-refractivity contribution is 0.0719. The molecule has 0 saturated carbocycles. The summed E-state index contributed by atoms with van der Waals surface area (Å²) in [6.07, 6.45) is 1.91. The van der Waals surface area contributed by atoms with Crippen LogP contribution in [0.25, 0.3) is 0 Å². The van der Waals surface area contributed by atoms with E-state index in [0.717, 1.165) is 29.9 Å². The smallest absolute Gasteiger partial charge is 0.258 e. The fourth-order valence-corrected chi connectivity index (χ4v) is 3.58. The van der Waals surface area contributed by atoms with Gasteiger partial charge in [0.1, 0.15) is 5.82 Å². The Kier molecular flexibility index (Phi) is 4.74. The number of thioether (sulfide) groups is 1. The predicted molar refractivity (Wildman–Crippen MR) is 78.6 cm³/mol. The second-order valence-electron chi connectivity index (χ2n) is 4.81. The van der Waals surface area contributed by atoms with E-state index in [-0.39, 0.29) is 22.5 Å². The summed E-state index contributed by atoms with van der Waals surface area (Å²) >= 11 is 7.98. The Bertz CT molecular complexity index is 489. The van der Waals surface area contributed by atoms with Crippen LogP contribution >= 0.6 is 23.4 Å². The molecule has 0 aliphatic carbocycles. The number of hydrogen-bond donors (Lipinski definition) is 0. The van der Waals surface area contributed by atoms with Gasteiger partial charge in [0.05, 0.1) is 10.6 Å². The molecule has 0 spiro atoms. The van der Waals surface area contributed by atoms with E-state index in [1.165, 1.54) is 6.07 Å². The van der Waals surface area contributed by atoms with Crippen LogP contribution in [0.1, 0.15) is 28.8 Å². The molecule has 0 radical (unpaired) electrons. The van der Waals surface area contributed by atoms with Crippen LogP contribution in [0.4, 0.5) is 4.39 Å². The van der Waals surface area contributed by atoms with Crippen molar-refractivity contribution in [3.8, 4) is 0 Å². The van der Waals surface area contributed by atoms with Gasteiger partial charge in [0.2, 0.25) is 0 Å². The molecule has 2 rings (SSSR count). The minimum Gasteiger partial charge on any atom is -0.339 e. The zero-order valence-corrected chi connectivity index (χ0v) is 12.7. The molecule has 1 saturated heterocycles. The van der Waals surface area contributed by atoms with Gasteiger partial charge in [-0.2, -0.15) is 11.8 Å². The van der Waals surface area contributed by atoms with Crippen LogP contribution in [0.2, 0.25) is 5.02 Å². The fraction of sp³-hybridized carbons (Fsp3) is 0.500. The molecule has 5 heteroatoms. The highest BCUT2D eigenvalue weighted by molar-refractivity contribution is 7.99. The van der Waals surface area contributed by atoms with Gasteiger partial charge in [-0.3, -0.25) is 4.79 Å². The maximum absolute atomic E-state index is 13.9. The summed E-state index contributed by atoms with van der Waals surface area (Å²) in [6.45, 7) is 1.77. The van der Waals surface area contributed by atoms with Crippen molar-refractivity contribution in [1.82, 2.24) is 4.90 Å². The Morgan fingerprint density at radius 3 is 2.68 bits per heavy atom. The molecule has 0 bridgehead atoms. The maximum atomic E-state index is 13.9. The average molecular weight is 302 g/mol. The number of carbonyl (C=O) groups excluding carboxylic acids is 1. The molecule has 1 heterocycles. The average Bonchev–Trinajstić information content (AvgIpc) is 2.43. The van der Waals surface area contributed by atoms with E-state index in [0.29, 0.717) is 0 Å². The van der Waals surface area contributed by atoms with Gasteiger partial charge in [-0.25, -0.2) is 4.39 Å². The van der Waals surface area contributed by atoms with Crippen LogP contribution in [-0.2, 0) is 0 Å². The number of halogens is 2. The maximum Gasteiger partial charge on any atom is 0.258 e. The molecule has 0 N–H and O–H groups in total. The second-order valence-corrected chi connectivity index (χ2v) is 6.42. The standard InChI is InChI=1S/C14H17ClFNOS/c1-9-3-4-11(16)12(13(9)15)14(18)17(2)10-5-7-19-8-6-10/h3-4,10H,5-8H2,1-2H3. The minimum atomic E-state index is -0.544. The van der Waals surface area contributed by atoms with Crippen molar-refractivity contribution in [2.45, 2.75) is 25.8 Å². The molecule has 1 aliphatic rings. The third kappa shape index (κ3) is 3.06. The monoisotopic (exact) mass is 301 g/mol. The Morgan fingerprint density at radius 2 is 2.05 bits per heavy atom. The van der Waals surface area contributed by atoms with Crippen LogP contribution in [-0.4, -0.2) is 35.4 Å². The first kappa shape index (κ1) is 14.7. The summed E-state index contributed by atoms with van der Waals surface area (Å²) in [5.41, 5.74) is 0.724. The van der Waals surface area contributed by atoms with Crippen molar-refractivity contribution in [1.29, 1.82) is 0 Å². The van der Waals surface area contributed by atoms with E-state index in [1.807, 2.05) is 11.8 Å². The summed E-state index contributed by atoms with van der Waals surface area (Å²) in [5, 5.41) is 0.224. The molecule has 0 unspecified atom stereocenters. The molecule has 1 aromatic rings. The summed E-state index contributed by atoms with van der Waals surface area (Å²) in [7, 11) is 1.74. The molecule has 1 aliphatic heterocycles. The van der Waals surface area contributed by atoms with Gasteiger partial charge in [-0.15, -0.1) is 0 Å². The first-order valence-corrected chi connectivity index (χ1v) is 7.85. The number of rotatable bonds is 2. The van der Waals surface area contributed by atoms with Gasteiger partial charge >= 0.3 is 0 Å². The highest BCUT2D eigenvalue weighted by Gasteiger charge is 2.27. The van der Waals surface area contributed by atoms with Gasteiger partial charge in [0.15, 0.2) is 0 Å². The highest BCUT2D eigenvalue weighted by Crippen LogP contribution is 2.27. The third-order valence-electron chi connectivity index (χ3n) is 3.56. The molecule has 104 valence electrons. The van der Waals surface area contributed by atoms with Gasteiger partial charge in [-0.1, -0.05) is 17.7 Å². The van der Waals surface area contributed by atoms with Crippen LogP contribution < -0.4 is 0 Å². The summed E-state index contributed by atoms with van der Waals surface area (Å²) in [4.78, 5) is 14.1. The summed E-state index contributed by atoms with van der Waals surface area (Å²) in [5.74, 6) is 1.24. The molecule has 1 aromatic carbocycles. The highest BCUT2D eigenvalue weighted by atomic mass is 35.5.